The number of carboxylic acids is 1. The highest BCUT2D eigenvalue weighted by molar-refractivity contribution is 6.03. The molecule has 0 atom stereocenters. The van der Waals surface area contributed by atoms with E-state index in [-0.39, 0.29) is 0 Å². The predicted octanol–water partition coefficient (Wildman–Crippen LogP) is 6.91. The minimum absolute atomic E-state index is 0.376. The molecule has 1 aliphatic carbocycles. The van der Waals surface area contributed by atoms with Gasteiger partial charge in [0.1, 0.15) is 0 Å². The van der Waals surface area contributed by atoms with Gasteiger partial charge < -0.3 is 19.6 Å². The molecule has 4 aromatic rings. The maximum absolute atomic E-state index is 11.9. The lowest BCUT2D eigenvalue weighted by Crippen LogP contribution is -2.13. The molecule has 6 rings (SSSR count). The molecule has 0 amide bonds. The number of hydrogen-bond acceptors (Lipinski definition) is 2. The average Bonchev–Trinajstić information content (AvgIpc) is 3.38. The molecule has 0 bridgehead atoms. The van der Waals surface area contributed by atoms with Crippen molar-refractivity contribution in [2.75, 3.05) is 6.54 Å². The largest absolute Gasteiger partial charge is 0.478 e. The lowest BCUT2D eigenvalue weighted by molar-refractivity contribution is 0.0697. The zero-order valence-electron chi connectivity index (χ0n) is 20.6. The monoisotopic (exact) mass is 469 g/mol. The highest BCUT2D eigenvalue weighted by Crippen LogP contribution is 2.46. The molecule has 0 radical (unpaired) electrons. The molecule has 182 valence electrons. The molecule has 2 N–H and O–H groups in total. The van der Waals surface area contributed by atoms with Crippen molar-refractivity contribution in [3.8, 4) is 11.3 Å². The highest BCUT2D eigenvalue weighted by atomic mass is 16.4. The van der Waals surface area contributed by atoms with Crippen molar-refractivity contribution in [3.05, 3.63) is 59.3 Å². The summed E-state index contributed by atoms with van der Waals surface area (Å²) in [6.07, 6.45) is 10.8. The zero-order chi connectivity index (χ0) is 23.9. The van der Waals surface area contributed by atoms with Gasteiger partial charge >= 0.3 is 5.97 Å². The van der Waals surface area contributed by atoms with Gasteiger partial charge in [-0.1, -0.05) is 50.5 Å². The van der Waals surface area contributed by atoms with Gasteiger partial charge in [0.05, 0.1) is 16.8 Å². The Kier molecular flexibility index (Phi) is 5.89. The van der Waals surface area contributed by atoms with Crippen LogP contribution in [0.2, 0.25) is 0 Å². The first kappa shape index (κ1) is 22.4. The Morgan fingerprint density at radius 1 is 1.06 bits per heavy atom. The number of rotatable bonds is 6. The van der Waals surface area contributed by atoms with E-state index in [9.17, 15) is 9.90 Å². The Morgan fingerprint density at radius 3 is 2.71 bits per heavy atom. The van der Waals surface area contributed by atoms with E-state index in [1.54, 1.807) is 6.07 Å². The topological polar surface area (TPSA) is 59.2 Å². The quantitative estimate of drug-likeness (QED) is 0.302. The second-order valence-electron chi connectivity index (χ2n) is 10.4. The fourth-order valence-corrected chi connectivity index (χ4v) is 6.58. The summed E-state index contributed by atoms with van der Waals surface area (Å²) in [5, 5.41) is 15.9. The van der Waals surface area contributed by atoms with Gasteiger partial charge in [0.25, 0.3) is 0 Å². The fourth-order valence-electron chi connectivity index (χ4n) is 6.58. The van der Waals surface area contributed by atoms with Crippen LogP contribution in [-0.4, -0.2) is 26.8 Å². The first-order valence-corrected chi connectivity index (χ1v) is 13.4. The van der Waals surface area contributed by atoms with Crippen LogP contribution < -0.4 is 5.32 Å². The highest BCUT2D eigenvalue weighted by Gasteiger charge is 2.29. The van der Waals surface area contributed by atoms with Crippen molar-refractivity contribution < 1.29 is 9.90 Å². The van der Waals surface area contributed by atoms with Crippen LogP contribution in [0.4, 0.5) is 0 Å². The van der Waals surface area contributed by atoms with Gasteiger partial charge in [0.15, 0.2) is 0 Å². The Bertz CT molecular complexity index is 1400. The molecule has 0 unspecified atom stereocenters. The van der Waals surface area contributed by atoms with E-state index in [1.807, 2.05) is 6.07 Å². The number of aryl methyl sites for hydroxylation is 2. The predicted molar refractivity (Wildman–Crippen MR) is 142 cm³/mol. The van der Waals surface area contributed by atoms with Gasteiger partial charge in [0, 0.05) is 47.7 Å². The number of carboxylic acid groups (broad SMARTS) is 1. The summed E-state index contributed by atoms with van der Waals surface area (Å²) in [6, 6.07) is 12.6. The van der Waals surface area contributed by atoms with Gasteiger partial charge in [-0.15, -0.1) is 0 Å². The second-order valence-corrected chi connectivity index (χ2v) is 10.4. The number of carbonyl (C=O) groups is 1. The van der Waals surface area contributed by atoms with E-state index in [2.05, 4.69) is 51.8 Å². The maximum Gasteiger partial charge on any atom is 0.335 e. The van der Waals surface area contributed by atoms with Gasteiger partial charge in [-0.25, -0.2) is 4.79 Å². The van der Waals surface area contributed by atoms with Crippen LogP contribution >= 0.6 is 0 Å². The van der Waals surface area contributed by atoms with E-state index >= 15 is 0 Å². The molecule has 35 heavy (non-hydrogen) atoms. The summed E-state index contributed by atoms with van der Waals surface area (Å²) in [5.74, 6) is -0.324. The van der Waals surface area contributed by atoms with E-state index in [1.165, 1.54) is 70.8 Å². The van der Waals surface area contributed by atoms with Crippen LogP contribution in [0.25, 0.3) is 33.1 Å². The Hall–Kier alpha value is -3.05. The van der Waals surface area contributed by atoms with E-state index in [0.29, 0.717) is 11.5 Å². The summed E-state index contributed by atoms with van der Waals surface area (Å²) in [7, 11) is 0. The van der Waals surface area contributed by atoms with Crippen molar-refractivity contribution >= 4 is 27.8 Å². The maximum atomic E-state index is 11.9. The van der Waals surface area contributed by atoms with E-state index in [4.69, 9.17) is 0 Å². The summed E-state index contributed by atoms with van der Waals surface area (Å²) in [4.78, 5) is 11.9. The summed E-state index contributed by atoms with van der Waals surface area (Å²) >= 11 is 0. The lowest BCUT2D eigenvalue weighted by atomic mass is 9.81. The van der Waals surface area contributed by atoms with Gasteiger partial charge in [0.2, 0.25) is 0 Å². The number of fused-ring (bicyclic) bond motifs is 4. The van der Waals surface area contributed by atoms with Crippen LogP contribution in [0, 0.1) is 0 Å². The molecule has 1 saturated carbocycles. The smallest absolute Gasteiger partial charge is 0.335 e. The van der Waals surface area contributed by atoms with Crippen LogP contribution in [-0.2, 0) is 19.6 Å². The van der Waals surface area contributed by atoms with Crippen molar-refractivity contribution in [2.24, 2.45) is 0 Å². The molecule has 0 spiro atoms. The molecule has 2 aliphatic rings. The van der Waals surface area contributed by atoms with Crippen LogP contribution in [0.3, 0.4) is 0 Å². The van der Waals surface area contributed by atoms with E-state index < -0.39 is 5.97 Å². The fraction of sp³-hybridized carbons (Fsp3) is 0.433. The minimum Gasteiger partial charge on any atom is -0.478 e. The molecule has 1 fully saturated rings. The van der Waals surface area contributed by atoms with Gasteiger partial charge in [-0.2, -0.15) is 0 Å². The third-order valence-electron chi connectivity index (χ3n) is 8.12. The summed E-state index contributed by atoms with van der Waals surface area (Å²) in [5.41, 5.74) is 8.24. The number of nitrogens with one attached hydrogen (secondary N) is 1. The third-order valence-corrected chi connectivity index (χ3v) is 8.12. The molecule has 2 aromatic heterocycles. The number of aromatic carboxylic acids is 1. The SMILES string of the molecule is CCCNCc1cn2c3c(cccc13)-c1c(C3CCCCC3)c3ccc(C(=O)O)cc3n1CCC2. The van der Waals surface area contributed by atoms with Crippen LogP contribution in [0.5, 0.6) is 0 Å². The molecule has 0 saturated heterocycles. The standard InChI is InChI=1S/C30H35N3O2/c1-2-14-31-18-22-19-32-15-7-16-33-26-17-21(30(34)35)12-13-24(26)27(20-8-4-3-5-9-20)29(33)25-11-6-10-23(22)28(25)32/h6,10-13,17,19-20,31H,2-5,7-9,14-16,18H2,1H3,(H,34,35). The average molecular weight is 470 g/mol. The Balaban J connectivity index is 1.63. The van der Waals surface area contributed by atoms with Gasteiger partial charge in [-0.3, -0.25) is 0 Å². The van der Waals surface area contributed by atoms with Crippen LogP contribution in [0.15, 0.2) is 42.6 Å². The summed E-state index contributed by atoms with van der Waals surface area (Å²) < 4.78 is 4.92. The van der Waals surface area contributed by atoms with Crippen molar-refractivity contribution in [2.45, 2.75) is 77.4 Å². The number of para-hydroxylation sites is 1. The number of benzene rings is 2. The molecular formula is C30H35N3O2. The van der Waals surface area contributed by atoms with Crippen molar-refractivity contribution in [3.63, 3.8) is 0 Å². The first-order valence-electron chi connectivity index (χ1n) is 13.4. The molecule has 5 nitrogen and oxygen atoms in total. The Labute approximate surface area is 206 Å². The molecule has 5 heteroatoms. The number of nitrogens with zero attached hydrogens (tertiary/aromatic N) is 2. The van der Waals surface area contributed by atoms with Crippen molar-refractivity contribution in [1.29, 1.82) is 0 Å². The first-order chi connectivity index (χ1) is 17.2. The number of aromatic nitrogens is 2. The second kappa shape index (κ2) is 9.19. The lowest BCUT2D eigenvalue weighted by Gasteiger charge is -2.25. The third kappa shape index (κ3) is 3.77. The van der Waals surface area contributed by atoms with Gasteiger partial charge in [-0.05, 0) is 61.4 Å². The molecule has 3 heterocycles. The van der Waals surface area contributed by atoms with Crippen molar-refractivity contribution in [1.82, 2.24) is 14.5 Å². The number of hydrogen-bond donors (Lipinski definition) is 2. The molecular weight excluding hydrogens is 434 g/mol. The molecule has 1 aliphatic heterocycles. The molecule has 2 aromatic carbocycles. The normalized spacial score (nSPS) is 16.4. The van der Waals surface area contributed by atoms with E-state index in [0.717, 1.165) is 44.5 Å². The minimum atomic E-state index is -0.854. The zero-order valence-corrected chi connectivity index (χ0v) is 20.6. The summed E-state index contributed by atoms with van der Waals surface area (Å²) in [6.45, 7) is 5.99. The van der Waals surface area contributed by atoms with Crippen LogP contribution in [0.1, 0.15) is 79.3 Å². The Morgan fingerprint density at radius 2 is 1.91 bits per heavy atom.